The third-order valence-corrected chi connectivity index (χ3v) is 2.61. The second-order valence-corrected chi connectivity index (χ2v) is 4.15. The van der Waals surface area contributed by atoms with Crippen LogP contribution < -0.4 is 4.74 Å². The van der Waals surface area contributed by atoms with Crippen LogP contribution in [0, 0.1) is 0 Å². The lowest BCUT2D eigenvalue weighted by Gasteiger charge is -2.00. The monoisotopic (exact) mass is 266 g/mol. The first-order chi connectivity index (χ1) is 7.20. The van der Waals surface area contributed by atoms with Crippen molar-refractivity contribution < 1.29 is 4.74 Å². The number of benzene rings is 1. The van der Waals surface area contributed by atoms with Gasteiger partial charge in [-0.2, -0.15) is 5.10 Å². The number of ether oxygens (including phenoxy) is 1. The summed E-state index contributed by atoms with van der Waals surface area (Å²) in [5.74, 6) is 0.788. The van der Waals surface area contributed by atoms with Gasteiger partial charge in [0.1, 0.15) is 5.69 Å². The van der Waals surface area contributed by atoms with Crippen molar-refractivity contribution in [3.8, 4) is 17.0 Å². The predicted molar refractivity (Wildman–Crippen MR) is 62.9 cm³/mol. The molecule has 2 rings (SSSR count). The molecule has 0 fully saturated rings. The Bertz CT molecular complexity index is 479. The molecule has 2 aromatic rings. The van der Waals surface area contributed by atoms with Crippen LogP contribution in [-0.4, -0.2) is 16.9 Å². The highest BCUT2D eigenvalue weighted by Gasteiger charge is 2.10. The maximum absolute atomic E-state index is 5.26. The van der Waals surface area contributed by atoms with E-state index in [4.69, 9.17) is 4.74 Å². The Morgan fingerprint density at radius 1 is 1.40 bits per heavy atom. The Labute approximate surface area is 96.8 Å². The molecular weight excluding hydrogens is 256 g/mol. The summed E-state index contributed by atoms with van der Waals surface area (Å²) in [4.78, 5) is 0. The van der Waals surface area contributed by atoms with E-state index in [1.54, 1.807) is 11.8 Å². The molecule has 0 aliphatic heterocycles. The summed E-state index contributed by atoms with van der Waals surface area (Å²) in [7, 11) is 3.53. The molecule has 0 bridgehead atoms. The molecule has 1 heterocycles. The average Bonchev–Trinajstić information content (AvgIpc) is 2.59. The quantitative estimate of drug-likeness (QED) is 0.836. The zero-order valence-electron chi connectivity index (χ0n) is 8.57. The Hall–Kier alpha value is -1.29. The maximum atomic E-state index is 5.26. The highest BCUT2D eigenvalue weighted by atomic mass is 79.9. The summed E-state index contributed by atoms with van der Waals surface area (Å²) in [6.45, 7) is 0. The van der Waals surface area contributed by atoms with Gasteiger partial charge in [-0.05, 0) is 12.1 Å². The van der Waals surface area contributed by atoms with E-state index >= 15 is 0 Å². The number of rotatable bonds is 2. The van der Waals surface area contributed by atoms with E-state index in [0.717, 1.165) is 21.5 Å². The first kappa shape index (κ1) is 10.2. The molecule has 0 radical (unpaired) electrons. The standard InChI is InChI=1S/C11H11BrN2O/c1-14-7-10(15-2)11(13-14)8-4-3-5-9(12)6-8/h3-7H,1-2H3. The summed E-state index contributed by atoms with van der Waals surface area (Å²) in [6.07, 6.45) is 1.86. The van der Waals surface area contributed by atoms with E-state index in [9.17, 15) is 0 Å². The van der Waals surface area contributed by atoms with Crippen LogP contribution in [0.5, 0.6) is 5.75 Å². The van der Waals surface area contributed by atoms with Gasteiger partial charge in [0.2, 0.25) is 0 Å². The summed E-state index contributed by atoms with van der Waals surface area (Å²) in [5, 5.41) is 4.36. The van der Waals surface area contributed by atoms with Crippen LogP contribution in [0.1, 0.15) is 0 Å². The molecule has 15 heavy (non-hydrogen) atoms. The number of aromatic nitrogens is 2. The van der Waals surface area contributed by atoms with E-state index in [1.807, 2.05) is 37.5 Å². The number of nitrogens with zero attached hydrogens (tertiary/aromatic N) is 2. The molecule has 1 aromatic heterocycles. The van der Waals surface area contributed by atoms with Crippen molar-refractivity contribution in [1.29, 1.82) is 0 Å². The van der Waals surface area contributed by atoms with Crippen LogP contribution in [0.15, 0.2) is 34.9 Å². The molecule has 1 aromatic carbocycles. The van der Waals surface area contributed by atoms with Crippen molar-refractivity contribution in [3.05, 3.63) is 34.9 Å². The van der Waals surface area contributed by atoms with Crippen LogP contribution in [0.3, 0.4) is 0 Å². The zero-order valence-corrected chi connectivity index (χ0v) is 10.2. The predicted octanol–water partition coefficient (Wildman–Crippen LogP) is 2.86. The molecule has 0 N–H and O–H groups in total. The van der Waals surface area contributed by atoms with Gasteiger partial charge in [0.25, 0.3) is 0 Å². The molecule has 78 valence electrons. The largest absolute Gasteiger partial charge is 0.493 e. The Morgan fingerprint density at radius 3 is 2.87 bits per heavy atom. The number of hydrogen-bond acceptors (Lipinski definition) is 2. The number of methoxy groups -OCH3 is 1. The normalized spacial score (nSPS) is 10.3. The van der Waals surface area contributed by atoms with E-state index in [-0.39, 0.29) is 0 Å². The average molecular weight is 267 g/mol. The minimum absolute atomic E-state index is 0.788. The van der Waals surface area contributed by atoms with Crippen LogP contribution in [-0.2, 0) is 7.05 Å². The first-order valence-corrected chi connectivity index (χ1v) is 5.33. The highest BCUT2D eigenvalue weighted by Crippen LogP contribution is 2.29. The van der Waals surface area contributed by atoms with Gasteiger partial charge in [-0.1, -0.05) is 28.1 Å². The summed E-state index contributed by atoms with van der Waals surface area (Å²) < 4.78 is 8.04. The fourth-order valence-electron chi connectivity index (χ4n) is 1.45. The Morgan fingerprint density at radius 2 is 2.20 bits per heavy atom. The van der Waals surface area contributed by atoms with Gasteiger partial charge >= 0.3 is 0 Å². The molecule has 0 aliphatic rings. The minimum atomic E-state index is 0.788. The van der Waals surface area contributed by atoms with Gasteiger partial charge in [0.05, 0.1) is 13.3 Å². The molecule has 3 nitrogen and oxygen atoms in total. The van der Waals surface area contributed by atoms with Gasteiger partial charge in [0.15, 0.2) is 5.75 Å². The Balaban J connectivity index is 2.53. The van der Waals surface area contributed by atoms with Crippen molar-refractivity contribution in [2.45, 2.75) is 0 Å². The van der Waals surface area contributed by atoms with E-state index in [0.29, 0.717) is 0 Å². The first-order valence-electron chi connectivity index (χ1n) is 4.54. The lowest BCUT2D eigenvalue weighted by molar-refractivity contribution is 0.416. The lowest BCUT2D eigenvalue weighted by atomic mass is 10.1. The van der Waals surface area contributed by atoms with E-state index in [2.05, 4.69) is 21.0 Å². The number of halogens is 1. The summed E-state index contributed by atoms with van der Waals surface area (Å²) >= 11 is 3.44. The van der Waals surface area contributed by atoms with Crippen molar-refractivity contribution in [1.82, 2.24) is 9.78 Å². The topological polar surface area (TPSA) is 27.1 Å². The van der Waals surface area contributed by atoms with Gasteiger partial charge in [0, 0.05) is 17.1 Å². The van der Waals surface area contributed by atoms with Gasteiger partial charge < -0.3 is 4.74 Å². The molecule has 0 aliphatic carbocycles. The molecule has 0 saturated carbocycles. The van der Waals surface area contributed by atoms with Gasteiger partial charge in [-0.3, -0.25) is 4.68 Å². The second-order valence-electron chi connectivity index (χ2n) is 3.23. The lowest BCUT2D eigenvalue weighted by Crippen LogP contribution is -1.87. The minimum Gasteiger partial charge on any atom is -0.493 e. The van der Waals surface area contributed by atoms with E-state index in [1.165, 1.54) is 0 Å². The van der Waals surface area contributed by atoms with Crippen LogP contribution in [0.25, 0.3) is 11.3 Å². The summed E-state index contributed by atoms with van der Waals surface area (Å²) in [5.41, 5.74) is 1.91. The van der Waals surface area contributed by atoms with Gasteiger partial charge in [-0.25, -0.2) is 0 Å². The van der Waals surface area contributed by atoms with Crippen molar-refractivity contribution in [2.24, 2.45) is 7.05 Å². The van der Waals surface area contributed by atoms with Crippen molar-refractivity contribution in [2.75, 3.05) is 7.11 Å². The molecule has 0 spiro atoms. The maximum Gasteiger partial charge on any atom is 0.164 e. The number of hydrogen-bond donors (Lipinski definition) is 0. The third-order valence-electron chi connectivity index (χ3n) is 2.11. The van der Waals surface area contributed by atoms with Crippen molar-refractivity contribution >= 4 is 15.9 Å². The third kappa shape index (κ3) is 2.04. The highest BCUT2D eigenvalue weighted by molar-refractivity contribution is 9.10. The van der Waals surface area contributed by atoms with Crippen LogP contribution in [0.2, 0.25) is 0 Å². The smallest absolute Gasteiger partial charge is 0.164 e. The zero-order chi connectivity index (χ0) is 10.8. The molecule has 4 heteroatoms. The van der Waals surface area contributed by atoms with Crippen LogP contribution >= 0.6 is 15.9 Å². The molecule has 0 amide bonds. The SMILES string of the molecule is COc1cn(C)nc1-c1cccc(Br)c1. The van der Waals surface area contributed by atoms with Gasteiger partial charge in [-0.15, -0.1) is 0 Å². The fraction of sp³-hybridized carbons (Fsp3) is 0.182. The van der Waals surface area contributed by atoms with E-state index < -0.39 is 0 Å². The fourth-order valence-corrected chi connectivity index (χ4v) is 1.85. The molecule has 0 unspecified atom stereocenters. The molecule has 0 saturated heterocycles. The molecule has 0 atom stereocenters. The second kappa shape index (κ2) is 4.06. The summed E-state index contributed by atoms with van der Waals surface area (Å²) in [6, 6.07) is 7.99. The number of aryl methyl sites for hydroxylation is 1. The van der Waals surface area contributed by atoms with Crippen molar-refractivity contribution in [3.63, 3.8) is 0 Å². The Kier molecular flexibility index (Phi) is 2.77. The molecular formula is C11H11BrN2O. The van der Waals surface area contributed by atoms with Crippen LogP contribution in [0.4, 0.5) is 0 Å².